The SMILES string of the molecule is CC1CCC(N)C(C(=O)NCC2CCOC2C)C1. The zero-order chi connectivity index (χ0) is 13.1. The second kappa shape index (κ2) is 6.02. The van der Waals surface area contributed by atoms with E-state index >= 15 is 0 Å². The quantitative estimate of drug-likeness (QED) is 0.797. The van der Waals surface area contributed by atoms with Crippen molar-refractivity contribution in [1.82, 2.24) is 5.32 Å². The fourth-order valence-corrected chi connectivity index (χ4v) is 3.11. The number of hydrogen-bond donors (Lipinski definition) is 2. The van der Waals surface area contributed by atoms with E-state index in [0.29, 0.717) is 11.8 Å². The van der Waals surface area contributed by atoms with Crippen molar-refractivity contribution >= 4 is 5.91 Å². The van der Waals surface area contributed by atoms with Crippen molar-refractivity contribution in [3.63, 3.8) is 0 Å². The van der Waals surface area contributed by atoms with Crippen LogP contribution in [0.3, 0.4) is 0 Å². The van der Waals surface area contributed by atoms with Gasteiger partial charge in [-0.3, -0.25) is 4.79 Å². The lowest BCUT2D eigenvalue weighted by Crippen LogP contribution is -2.46. The van der Waals surface area contributed by atoms with E-state index in [4.69, 9.17) is 10.5 Å². The van der Waals surface area contributed by atoms with Gasteiger partial charge in [0.1, 0.15) is 0 Å². The van der Waals surface area contributed by atoms with Gasteiger partial charge in [-0.15, -0.1) is 0 Å². The number of nitrogens with one attached hydrogen (secondary N) is 1. The van der Waals surface area contributed by atoms with Crippen molar-refractivity contribution in [3.05, 3.63) is 0 Å². The minimum atomic E-state index is 0.00591. The molecule has 1 amide bonds. The molecule has 1 saturated heterocycles. The van der Waals surface area contributed by atoms with Crippen LogP contribution >= 0.6 is 0 Å². The highest BCUT2D eigenvalue weighted by molar-refractivity contribution is 5.79. The first kappa shape index (κ1) is 13.8. The summed E-state index contributed by atoms with van der Waals surface area (Å²) in [6.07, 6.45) is 4.38. The Balaban J connectivity index is 1.79. The van der Waals surface area contributed by atoms with Gasteiger partial charge in [-0.05, 0) is 38.5 Å². The monoisotopic (exact) mass is 254 g/mol. The number of carbonyl (C=O) groups excluding carboxylic acids is 1. The van der Waals surface area contributed by atoms with Crippen molar-refractivity contribution in [3.8, 4) is 0 Å². The first-order valence-electron chi connectivity index (χ1n) is 7.22. The predicted octanol–water partition coefficient (Wildman–Crippen LogP) is 1.29. The number of carbonyl (C=O) groups is 1. The molecule has 5 atom stereocenters. The van der Waals surface area contributed by atoms with Crippen LogP contribution in [0.15, 0.2) is 0 Å². The van der Waals surface area contributed by atoms with E-state index < -0.39 is 0 Å². The Bertz CT molecular complexity index is 296. The summed E-state index contributed by atoms with van der Waals surface area (Å²) in [5, 5.41) is 3.08. The van der Waals surface area contributed by atoms with E-state index in [-0.39, 0.29) is 24.0 Å². The first-order valence-corrected chi connectivity index (χ1v) is 7.22. The van der Waals surface area contributed by atoms with Crippen LogP contribution in [0.2, 0.25) is 0 Å². The molecule has 1 aliphatic carbocycles. The maximum Gasteiger partial charge on any atom is 0.224 e. The van der Waals surface area contributed by atoms with Crippen LogP contribution in [0.5, 0.6) is 0 Å². The Morgan fingerprint density at radius 3 is 2.78 bits per heavy atom. The average Bonchev–Trinajstić information content (AvgIpc) is 2.75. The fourth-order valence-electron chi connectivity index (χ4n) is 3.11. The Morgan fingerprint density at radius 1 is 1.33 bits per heavy atom. The van der Waals surface area contributed by atoms with Gasteiger partial charge in [-0.1, -0.05) is 6.92 Å². The normalized spacial score (nSPS) is 40.7. The zero-order valence-corrected chi connectivity index (χ0v) is 11.5. The molecule has 2 aliphatic rings. The predicted molar refractivity (Wildman–Crippen MR) is 71.0 cm³/mol. The van der Waals surface area contributed by atoms with Gasteiger partial charge >= 0.3 is 0 Å². The molecule has 0 radical (unpaired) electrons. The lowest BCUT2D eigenvalue weighted by Gasteiger charge is -2.31. The number of hydrogen-bond acceptors (Lipinski definition) is 3. The summed E-state index contributed by atoms with van der Waals surface area (Å²) >= 11 is 0. The van der Waals surface area contributed by atoms with Crippen LogP contribution < -0.4 is 11.1 Å². The second-order valence-corrected chi connectivity index (χ2v) is 6.06. The molecule has 2 rings (SSSR count). The molecule has 3 N–H and O–H groups in total. The van der Waals surface area contributed by atoms with Gasteiger partial charge in [0.2, 0.25) is 5.91 Å². The van der Waals surface area contributed by atoms with Crippen molar-refractivity contribution in [2.24, 2.45) is 23.5 Å². The van der Waals surface area contributed by atoms with Crippen molar-refractivity contribution in [1.29, 1.82) is 0 Å². The molecule has 2 fully saturated rings. The Labute approximate surface area is 110 Å². The molecule has 0 aromatic heterocycles. The molecule has 104 valence electrons. The molecule has 18 heavy (non-hydrogen) atoms. The van der Waals surface area contributed by atoms with Crippen LogP contribution in [0.25, 0.3) is 0 Å². The molecule has 1 heterocycles. The standard InChI is InChI=1S/C14H26N2O2/c1-9-3-4-13(15)12(7-9)14(17)16-8-11-5-6-18-10(11)2/h9-13H,3-8,15H2,1-2H3,(H,16,17). The molecule has 0 bridgehead atoms. The minimum absolute atomic E-state index is 0.00591. The van der Waals surface area contributed by atoms with Crippen LogP contribution in [0.1, 0.15) is 39.5 Å². The summed E-state index contributed by atoms with van der Waals surface area (Å²) in [7, 11) is 0. The van der Waals surface area contributed by atoms with Gasteiger partial charge in [-0.2, -0.15) is 0 Å². The molecular weight excluding hydrogens is 228 g/mol. The highest BCUT2D eigenvalue weighted by Crippen LogP contribution is 2.28. The van der Waals surface area contributed by atoms with E-state index in [9.17, 15) is 4.79 Å². The van der Waals surface area contributed by atoms with Crippen LogP contribution in [-0.2, 0) is 9.53 Å². The molecule has 0 aromatic rings. The summed E-state index contributed by atoms with van der Waals surface area (Å²) in [5.41, 5.74) is 6.07. The Kier molecular flexibility index (Phi) is 4.62. The van der Waals surface area contributed by atoms with Crippen LogP contribution in [0, 0.1) is 17.8 Å². The Morgan fingerprint density at radius 2 is 2.11 bits per heavy atom. The van der Waals surface area contributed by atoms with E-state index in [1.54, 1.807) is 0 Å². The summed E-state index contributed by atoms with van der Waals surface area (Å²) in [6.45, 7) is 5.84. The van der Waals surface area contributed by atoms with E-state index in [1.165, 1.54) is 0 Å². The molecule has 0 aromatic carbocycles. The van der Waals surface area contributed by atoms with Crippen molar-refractivity contribution < 1.29 is 9.53 Å². The lowest BCUT2D eigenvalue weighted by atomic mass is 9.78. The minimum Gasteiger partial charge on any atom is -0.378 e. The van der Waals surface area contributed by atoms with E-state index in [2.05, 4.69) is 19.2 Å². The number of ether oxygens (including phenoxy) is 1. The first-order chi connectivity index (χ1) is 8.58. The van der Waals surface area contributed by atoms with Gasteiger partial charge in [0.15, 0.2) is 0 Å². The fraction of sp³-hybridized carbons (Fsp3) is 0.929. The topological polar surface area (TPSA) is 64.4 Å². The summed E-state index contributed by atoms with van der Waals surface area (Å²) in [6, 6.07) is 0.0402. The highest BCUT2D eigenvalue weighted by atomic mass is 16.5. The Hall–Kier alpha value is -0.610. The molecule has 4 heteroatoms. The number of amides is 1. The molecule has 4 nitrogen and oxygen atoms in total. The molecule has 0 spiro atoms. The maximum absolute atomic E-state index is 12.2. The smallest absolute Gasteiger partial charge is 0.224 e. The summed E-state index contributed by atoms with van der Waals surface area (Å²) in [4.78, 5) is 12.2. The van der Waals surface area contributed by atoms with Crippen molar-refractivity contribution in [2.45, 2.75) is 51.7 Å². The van der Waals surface area contributed by atoms with Gasteiger partial charge in [0, 0.05) is 25.1 Å². The lowest BCUT2D eigenvalue weighted by molar-refractivity contribution is -0.127. The number of nitrogens with two attached hydrogens (primary N) is 1. The third-order valence-corrected chi connectivity index (χ3v) is 4.57. The summed E-state index contributed by atoms with van der Waals surface area (Å²) < 4.78 is 5.51. The number of rotatable bonds is 3. The van der Waals surface area contributed by atoms with Gasteiger partial charge in [-0.25, -0.2) is 0 Å². The summed E-state index contributed by atoms with van der Waals surface area (Å²) in [5.74, 6) is 1.24. The van der Waals surface area contributed by atoms with Crippen LogP contribution in [-0.4, -0.2) is 31.2 Å². The van der Waals surface area contributed by atoms with Gasteiger partial charge in [0.05, 0.1) is 12.0 Å². The zero-order valence-electron chi connectivity index (χ0n) is 11.5. The van der Waals surface area contributed by atoms with E-state index in [0.717, 1.165) is 38.8 Å². The third kappa shape index (κ3) is 3.23. The maximum atomic E-state index is 12.2. The average molecular weight is 254 g/mol. The highest BCUT2D eigenvalue weighted by Gasteiger charge is 2.32. The molecule has 1 saturated carbocycles. The van der Waals surface area contributed by atoms with Crippen molar-refractivity contribution in [2.75, 3.05) is 13.2 Å². The molecule has 1 aliphatic heterocycles. The van der Waals surface area contributed by atoms with Crippen LogP contribution in [0.4, 0.5) is 0 Å². The van der Waals surface area contributed by atoms with Gasteiger partial charge < -0.3 is 15.8 Å². The largest absolute Gasteiger partial charge is 0.378 e. The molecular formula is C14H26N2O2. The van der Waals surface area contributed by atoms with E-state index in [1.807, 2.05) is 0 Å². The van der Waals surface area contributed by atoms with Gasteiger partial charge in [0.25, 0.3) is 0 Å². The molecule has 5 unspecified atom stereocenters. The second-order valence-electron chi connectivity index (χ2n) is 6.06. The third-order valence-electron chi connectivity index (χ3n) is 4.57.